The Morgan fingerprint density at radius 3 is 2.38 bits per heavy atom. The van der Waals surface area contributed by atoms with Crippen molar-refractivity contribution in [1.82, 2.24) is 15.1 Å². The van der Waals surface area contributed by atoms with E-state index < -0.39 is 0 Å². The van der Waals surface area contributed by atoms with Gasteiger partial charge in [-0.25, -0.2) is 4.68 Å². The van der Waals surface area contributed by atoms with E-state index >= 15 is 0 Å². The van der Waals surface area contributed by atoms with Gasteiger partial charge in [0.2, 0.25) is 0 Å². The number of carbonyl (C=O) groups is 1. The number of rotatable bonds is 13. The molecule has 1 atom stereocenters. The smallest absolute Gasteiger partial charge is 0.272 e. The predicted octanol–water partition coefficient (Wildman–Crippen LogP) is 9.48. The predicted molar refractivity (Wildman–Crippen MR) is 157 cm³/mol. The average molecular weight is 561 g/mol. The van der Waals surface area contributed by atoms with Gasteiger partial charge >= 0.3 is 0 Å². The fourth-order valence-corrected chi connectivity index (χ4v) is 5.19. The van der Waals surface area contributed by atoms with Crippen LogP contribution in [-0.2, 0) is 0 Å². The Hall–Kier alpha value is -2.27. The van der Waals surface area contributed by atoms with Crippen LogP contribution in [0, 0.1) is 12.3 Å². The first-order valence-corrected chi connectivity index (χ1v) is 14.0. The zero-order chi connectivity index (χ0) is 27.0. The number of nitrogens with zero attached hydrogens (tertiary/aromatic N) is 2. The zero-order valence-corrected chi connectivity index (χ0v) is 24.2. The maximum absolute atomic E-state index is 13.1. The van der Waals surface area contributed by atoms with Crippen molar-refractivity contribution >= 4 is 40.7 Å². The highest BCUT2D eigenvalue weighted by Crippen LogP contribution is 2.34. The number of unbranched alkanes of at least 4 members (excludes halogenated alkanes) is 3. The lowest BCUT2D eigenvalue weighted by Gasteiger charge is -2.26. The maximum Gasteiger partial charge on any atom is 0.272 e. The van der Waals surface area contributed by atoms with Gasteiger partial charge in [0.25, 0.3) is 5.91 Å². The summed E-state index contributed by atoms with van der Waals surface area (Å²) >= 11 is 18.7. The van der Waals surface area contributed by atoms with Gasteiger partial charge < -0.3 is 5.32 Å². The second-order valence-corrected chi connectivity index (χ2v) is 11.2. The summed E-state index contributed by atoms with van der Waals surface area (Å²) in [6, 6.07) is 12.7. The quantitative estimate of drug-likeness (QED) is 0.167. The van der Waals surface area contributed by atoms with E-state index in [0.717, 1.165) is 42.5 Å². The number of aromatic nitrogens is 2. The molecule has 0 saturated heterocycles. The van der Waals surface area contributed by atoms with E-state index in [0.29, 0.717) is 38.4 Å². The Balaban J connectivity index is 1.70. The Morgan fingerprint density at radius 2 is 1.73 bits per heavy atom. The van der Waals surface area contributed by atoms with Crippen LogP contribution in [0.4, 0.5) is 0 Å². The summed E-state index contributed by atoms with van der Waals surface area (Å²) in [6.07, 6.45) is 9.83. The highest BCUT2D eigenvalue weighted by Gasteiger charge is 2.23. The van der Waals surface area contributed by atoms with Crippen LogP contribution < -0.4 is 5.32 Å². The van der Waals surface area contributed by atoms with Crippen LogP contribution in [0.25, 0.3) is 16.9 Å². The topological polar surface area (TPSA) is 46.9 Å². The molecule has 0 saturated carbocycles. The summed E-state index contributed by atoms with van der Waals surface area (Å²) in [5.41, 5.74) is 3.81. The van der Waals surface area contributed by atoms with Gasteiger partial charge in [0.15, 0.2) is 5.69 Å². The Labute approximate surface area is 236 Å². The largest absolute Gasteiger partial charge is 0.351 e. The first-order chi connectivity index (χ1) is 17.7. The molecule has 1 heterocycles. The van der Waals surface area contributed by atoms with Crippen molar-refractivity contribution < 1.29 is 4.79 Å². The highest BCUT2D eigenvalue weighted by atomic mass is 35.5. The molecule has 2 aromatic carbocycles. The van der Waals surface area contributed by atoms with Crippen LogP contribution in [0.2, 0.25) is 15.1 Å². The van der Waals surface area contributed by atoms with Crippen LogP contribution in [0.15, 0.2) is 55.1 Å². The fourth-order valence-electron chi connectivity index (χ4n) is 4.57. The standard InChI is InChI=1S/C30H36Cl3N3O/c1-5-17-30(4,6-2)18-9-7-8-10-19-34-29(37)27-21(3)28(22-11-13-23(31)14-12-22)36(35-27)26-16-15-24(32)20-25(26)33/h5,11-16,20H,1,6-10,17-19H2,2-4H3,(H,34,37). The molecule has 0 fully saturated rings. The molecule has 0 aliphatic rings. The van der Waals surface area contributed by atoms with Crippen LogP contribution in [0.5, 0.6) is 0 Å². The molecular weight excluding hydrogens is 525 g/mol. The van der Waals surface area contributed by atoms with E-state index in [1.165, 1.54) is 19.3 Å². The Kier molecular flexibility index (Phi) is 10.7. The van der Waals surface area contributed by atoms with Gasteiger partial charge in [0, 0.05) is 27.7 Å². The van der Waals surface area contributed by atoms with Crippen molar-refractivity contribution in [3.05, 3.63) is 81.4 Å². The third-order valence-electron chi connectivity index (χ3n) is 7.08. The summed E-state index contributed by atoms with van der Waals surface area (Å²) in [4.78, 5) is 13.1. The summed E-state index contributed by atoms with van der Waals surface area (Å²) < 4.78 is 1.71. The fraction of sp³-hybridized carbons (Fsp3) is 0.400. The van der Waals surface area contributed by atoms with Crippen molar-refractivity contribution in [3.8, 4) is 16.9 Å². The molecule has 1 aromatic heterocycles. The monoisotopic (exact) mass is 559 g/mol. The molecular formula is C30H36Cl3N3O. The number of hydrogen-bond acceptors (Lipinski definition) is 2. The number of amides is 1. The molecule has 1 amide bonds. The van der Waals surface area contributed by atoms with E-state index in [4.69, 9.17) is 34.8 Å². The van der Waals surface area contributed by atoms with Crippen molar-refractivity contribution in [2.45, 2.75) is 65.7 Å². The van der Waals surface area contributed by atoms with E-state index in [9.17, 15) is 4.79 Å². The van der Waals surface area contributed by atoms with Crippen molar-refractivity contribution in [1.29, 1.82) is 0 Å². The third-order valence-corrected chi connectivity index (χ3v) is 7.87. The molecule has 0 spiro atoms. The molecule has 0 aliphatic heterocycles. The normalized spacial score (nSPS) is 12.8. The van der Waals surface area contributed by atoms with E-state index in [1.807, 2.05) is 37.3 Å². The van der Waals surface area contributed by atoms with Crippen molar-refractivity contribution in [2.24, 2.45) is 5.41 Å². The molecule has 1 unspecified atom stereocenters. The average Bonchev–Trinajstić information content (AvgIpc) is 3.20. The van der Waals surface area contributed by atoms with Crippen LogP contribution in [0.3, 0.4) is 0 Å². The molecule has 4 nitrogen and oxygen atoms in total. The molecule has 37 heavy (non-hydrogen) atoms. The van der Waals surface area contributed by atoms with Crippen molar-refractivity contribution in [2.75, 3.05) is 6.54 Å². The lowest BCUT2D eigenvalue weighted by atomic mass is 9.79. The van der Waals surface area contributed by atoms with Crippen molar-refractivity contribution in [3.63, 3.8) is 0 Å². The van der Waals surface area contributed by atoms with Gasteiger partial charge in [-0.1, -0.05) is 92.5 Å². The molecule has 0 aliphatic carbocycles. The molecule has 0 radical (unpaired) electrons. The van der Waals surface area contributed by atoms with Gasteiger partial charge in [0.05, 0.1) is 16.4 Å². The minimum atomic E-state index is -0.193. The number of hydrogen-bond donors (Lipinski definition) is 1. The number of halogens is 3. The van der Waals surface area contributed by atoms with Gasteiger partial charge in [-0.15, -0.1) is 6.58 Å². The Bertz CT molecular complexity index is 1220. The van der Waals surface area contributed by atoms with E-state index in [-0.39, 0.29) is 5.91 Å². The molecule has 3 rings (SSSR count). The first-order valence-electron chi connectivity index (χ1n) is 12.9. The maximum atomic E-state index is 13.1. The molecule has 198 valence electrons. The van der Waals surface area contributed by atoms with Crippen LogP contribution in [0.1, 0.15) is 74.8 Å². The summed E-state index contributed by atoms with van der Waals surface area (Å²) in [5, 5.41) is 9.35. The van der Waals surface area contributed by atoms with E-state index in [1.54, 1.807) is 22.9 Å². The Morgan fingerprint density at radius 1 is 1.05 bits per heavy atom. The second-order valence-electron chi connectivity index (χ2n) is 9.91. The van der Waals surface area contributed by atoms with Crippen LogP contribution >= 0.6 is 34.8 Å². The number of benzene rings is 2. The lowest BCUT2D eigenvalue weighted by molar-refractivity contribution is 0.0947. The minimum Gasteiger partial charge on any atom is -0.351 e. The lowest BCUT2D eigenvalue weighted by Crippen LogP contribution is -2.25. The minimum absolute atomic E-state index is 0.193. The van der Waals surface area contributed by atoms with Crippen LogP contribution in [-0.4, -0.2) is 22.2 Å². The number of nitrogens with one attached hydrogen (secondary N) is 1. The van der Waals surface area contributed by atoms with Gasteiger partial charge in [0.1, 0.15) is 0 Å². The van der Waals surface area contributed by atoms with Gasteiger partial charge in [-0.05, 0) is 61.9 Å². The summed E-state index contributed by atoms with van der Waals surface area (Å²) in [5.74, 6) is -0.193. The van der Waals surface area contributed by atoms with Gasteiger partial charge in [-0.3, -0.25) is 4.79 Å². The molecule has 7 heteroatoms. The second kappa shape index (κ2) is 13.5. The number of carbonyl (C=O) groups excluding carboxylic acids is 1. The SMILES string of the molecule is C=CCC(C)(CC)CCCCCCNC(=O)c1nn(-c2ccc(Cl)cc2Cl)c(-c2ccc(Cl)cc2)c1C. The highest BCUT2D eigenvalue weighted by molar-refractivity contribution is 6.35. The first kappa shape index (κ1) is 29.3. The van der Waals surface area contributed by atoms with E-state index in [2.05, 4.69) is 30.8 Å². The summed E-state index contributed by atoms with van der Waals surface area (Å²) in [7, 11) is 0. The third kappa shape index (κ3) is 7.63. The summed E-state index contributed by atoms with van der Waals surface area (Å²) in [6.45, 7) is 11.0. The molecule has 1 N–H and O–H groups in total. The molecule has 0 bridgehead atoms. The number of allylic oxidation sites excluding steroid dienone is 1. The van der Waals surface area contributed by atoms with Gasteiger partial charge in [-0.2, -0.15) is 5.10 Å². The zero-order valence-electron chi connectivity index (χ0n) is 21.9. The molecule has 3 aromatic rings.